The minimum atomic E-state index is -2.62. The zero-order valence-corrected chi connectivity index (χ0v) is 15.4. The maximum atomic E-state index is 13.5. The summed E-state index contributed by atoms with van der Waals surface area (Å²) >= 11 is 0. The number of carbonyl (C=O) groups is 1. The number of halogens is 2. The average molecular weight is 379 g/mol. The van der Waals surface area contributed by atoms with Crippen molar-refractivity contribution in [2.24, 2.45) is 5.92 Å². The van der Waals surface area contributed by atoms with Crippen molar-refractivity contribution in [3.8, 4) is 0 Å². The van der Waals surface area contributed by atoms with Crippen molar-refractivity contribution < 1.29 is 13.6 Å². The minimum absolute atomic E-state index is 0.0493. The van der Waals surface area contributed by atoms with Crippen molar-refractivity contribution in [2.45, 2.75) is 63.5 Å². The van der Waals surface area contributed by atoms with Crippen molar-refractivity contribution in [1.29, 1.82) is 0 Å². The number of alkyl halides is 2. The first-order chi connectivity index (χ1) is 12.7. The standard InChI is InChI=1S/C18H23F2N5O2/c1-10-7-11(17(27)24(10)2)8-14-22-15-13(16(26)23-14)9-21-25(15)12-3-5-18(19,20)6-4-12/h9-12H,3-8H2,1-2H3,(H,22,23,26). The molecule has 7 nitrogen and oxygen atoms in total. The molecule has 146 valence electrons. The van der Waals surface area contributed by atoms with E-state index in [-0.39, 0.29) is 42.3 Å². The van der Waals surface area contributed by atoms with Crippen molar-refractivity contribution in [2.75, 3.05) is 7.05 Å². The number of likely N-dealkylation sites (tertiary alicyclic amines) is 1. The number of hydrogen-bond acceptors (Lipinski definition) is 4. The van der Waals surface area contributed by atoms with Crippen LogP contribution in [0.5, 0.6) is 0 Å². The molecule has 2 aromatic heterocycles. The molecule has 0 spiro atoms. The molecule has 2 fully saturated rings. The van der Waals surface area contributed by atoms with Gasteiger partial charge in [-0.25, -0.2) is 18.4 Å². The van der Waals surface area contributed by atoms with Gasteiger partial charge < -0.3 is 9.88 Å². The topological polar surface area (TPSA) is 83.9 Å². The fraction of sp³-hybridized carbons (Fsp3) is 0.667. The number of nitrogens with zero attached hydrogens (tertiary/aromatic N) is 4. The Morgan fingerprint density at radius 2 is 2.00 bits per heavy atom. The van der Waals surface area contributed by atoms with Crippen LogP contribution in [0.4, 0.5) is 8.78 Å². The number of hydrogen-bond donors (Lipinski definition) is 1. The number of nitrogens with one attached hydrogen (secondary N) is 1. The van der Waals surface area contributed by atoms with Crippen molar-refractivity contribution in [3.05, 3.63) is 22.4 Å². The maximum Gasteiger partial charge on any atom is 0.262 e. The van der Waals surface area contributed by atoms with E-state index >= 15 is 0 Å². The van der Waals surface area contributed by atoms with Crippen LogP contribution < -0.4 is 5.56 Å². The fourth-order valence-corrected chi connectivity index (χ4v) is 4.19. The second-order valence-electron chi connectivity index (χ2n) is 7.86. The summed E-state index contributed by atoms with van der Waals surface area (Å²) in [6.07, 6.45) is 2.74. The fourth-order valence-electron chi connectivity index (χ4n) is 4.19. The number of aromatic amines is 1. The predicted octanol–water partition coefficient (Wildman–Crippen LogP) is 2.28. The molecule has 0 aromatic carbocycles. The molecule has 0 bridgehead atoms. The molecule has 2 aromatic rings. The number of fused-ring (bicyclic) bond motifs is 1. The van der Waals surface area contributed by atoms with Gasteiger partial charge in [0.25, 0.3) is 5.56 Å². The van der Waals surface area contributed by atoms with E-state index in [1.165, 1.54) is 6.20 Å². The molecule has 1 aliphatic heterocycles. The summed E-state index contributed by atoms with van der Waals surface area (Å²) < 4.78 is 28.5. The van der Waals surface area contributed by atoms with Gasteiger partial charge in [-0.15, -0.1) is 0 Å². The molecule has 1 N–H and O–H groups in total. The Morgan fingerprint density at radius 3 is 2.63 bits per heavy atom. The molecule has 0 radical (unpaired) electrons. The largest absolute Gasteiger partial charge is 0.343 e. The summed E-state index contributed by atoms with van der Waals surface area (Å²) in [6.45, 7) is 1.99. The Labute approximate surface area is 154 Å². The van der Waals surface area contributed by atoms with Gasteiger partial charge in [0.05, 0.1) is 12.2 Å². The Balaban J connectivity index is 1.63. The Morgan fingerprint density at radius 1 is 1.30 bits per heavy atom. The smallest absolute Gasteiger partial charge is 0.262 e. The highest BCUT2D eigenvalue weighted by Gasteiger charge is 2.37. The zero-order chi connectivity index (χ0) is 19.3. The summed E-state index contributed by atoms with van der Waals surface area (Å²) in [5, 5.41) is 4.60. The highest BCUT2D eigenvalue weighted by atomic mass is 19.3. The number of carbonyl (C=O) groups excluding carboxylic acids is 1. The Bertz CT molecular complexity index is 927. The molecule has 2 aliphatic rings. The molecular formula is C18H23F2N5O2. The van der Waals surface area contributed by atoms with E-state index in [0.29, 0.717) is 42.5 Å². The number of rotatable bonds is 3. The van der Waals surface area contributed by atoms with Gasteiger partial charge in [0, 0.05) is 38.3 Å². The second-order valence-corrected chi connectivity index (χ2v) is 7.86. The van der Waals surface area contributed by atoms with E-state index in [2.05, 4.69) is 15.1 Å². The average Bonchev–Trinajstić information content (AvgIpc) is 3.13. The van der Waals surface area contributed by atoms with Crippen LogP contribution in [0.25, 0.3) is 11.0 Å². The lowest BCUT2D eigenvalue weighted by molar-refractivity contribution is -0.130. The lowest BCUT2D eigenvalue weighted by atomic mass is 9.92. The Kier molecular flexibility index (Phi) is 4.27. The van der Waals surface area contributed by atoms with Gasteiger partial charge in [0.1, 0.15) is 11.2 Å². The van der Waals surface area contributed by atoms with Crippen LogP contribution in [-0.2, 0) is 11.2 Å². The molecule has 1 saturated heterocycles. The molecule has 1 amide bonds. The van der Waals surface area contributed by atoms with Crippen molar-refractivity contribution in [3.63, 3.8) is 0 Å². The third kappa shape index (κ3) is 3.23. The monoisotopic (exact) mass is 379 g/mol. The normalized spacial score (nSPS) is 26.2. The first-order valence-corrected chi connectivity index (χ1v) is 9.36. The van der Waals surface area contributed by atoms with E-state index in [4.69, 9.17) is 0 Å². The molecule has 9 heteroatoms. The summed E-state index contributed by atoms with van der Waals surface area (Å²) in [5.74, 6) is -2.35. The first kappa shape index (κ1) is 18.1. The lowest BCUT2D eigenvalue weighted by Crippen LogP contribution is -2.28. The van der Waals surface area contributed by atoms with E-state index in [0.717, 1.165) is 0 Å². The third-order valence-electron chi connectivity index (χ3n) is 5.97. The zero-order valence-electron chi connectivity index (χ0n) is 15.4. The SMILES string of the molecule is CC1CC(Cc2nc3c(cnn3C3CCC(F)(F)CC3)c(=O)[nH]2)C(=O)N1C. The van der Waals surface area contributed by atoms with Gasteiger partial charge in [-0.1, -0.05) is 0 Å². The molecule has 2 unspecified atom stereocenters. The minimum Gasteiger partial charge on any atom is -0.343 e. The van der Waals surface area contributed by atoms with Gasteiger partial charge in [0.15, 0.2) is 5.65 Å². The highest BCUT2D eigenvalue weighted by Crippen LogP contribution is 2.38. The van der Waals surface area contributed by atoms with E-state index in [9.17, 15) is 18.4 Å². The maximum absolute atomic E-state index is 13.5. The predicted molar refractivity (Wildman–Crippen MR) is 94.6 cm³/mol. The summed E-state index contributed by atoms with van der Waals surface area (Å²) in [5.41, 5.74) is 0.102. The third-order valence-corrected chi connectivity index (χ3v) is 5.97. The molecule has 27 heavy (non-hydrogen) atoms. The van der Waals surface area contributed by atoms with Crippen molar-refractivity contribution >= 4 is 16.9 Å². The van der Waals surface area contributed by atoms with Gasteiger partial charge in [-0.3, -0.25) is 9.59 Å². The molecule has 2 atom stereocenters. The summed E-state index contributed by atoms with van der Waals surface area (Å²) in [6, 6.07) is -0.0315. The van der Waals surface area contributed by atoms with Crippen LogP contribution in [0.15, 0.2) is 11.0 Å². The summed E-state index contributed by atoms with van der Waals surface area (Å²) in [4.78, 5) is 33.7. The molecule has 4 rings (SSSR count). The highest BCUT2D eigenvalue weighted by molar-refractivity contribution is 5.81. The number of aromatic nitrogens is 4. The number of amides is 1. The van der Waals surface area contributed by atoms with Crippen LogP contribution >= 0.6 is 0 Å². The van der Waals surface area contributed by atoms with Crippen molar-refractivity contribution in [1.82, 2.24) is 24.6 Å². The molecular weight excluding hydrogens is 356 g/mol. The molecule has 3 heterocycles. The Hall–Kier alpha value is -2.32. The van der Waals surface area contributed by atoms with Gasteiger partial charge in [-0.2, -0.15) is 5.10 Å². The van der Waals surface area contributed by atoms with Gasteiger partial charge >= 0.3 is 0 Å². The first-order valence-electron chi connectivity index (χ1n) is 9.36. The van der Waals surface area contributed by atoms with Crippen LogP contribution in [0.3, 0.4) is 0 Å². The summed E-state index contributed by atoms with van der Waals surface area (Å²) in [7, 11) is 1.78. The van der Waals surface area contributed by atoms with E-state index in [1.54, 1.807) is 16.6 Å². The lowest BCUT2D eigenvalue weighted by Gasteiger charge is -2.28. The molecule has 1 saturated carbocycles. The van der Waals surface area contributed by atoms with Crippen LogP contribution in [0.2, 0.25) is 0 Å². The second kappa shape index (κ2) is 6.38. The van der Waals surface area contributed by atoms with E-state index in [1.807, 2.05) is 6.92 Å². The number of H-pyrrole nitrogens is 1. The van der Waals surface area contributed by atoms with Crippen LogP contribution in [0, 0.1) is 5.92 Å². The van der Waals surface area contributed by atoms with Gasteiger partial charge in [0.2, 0.25) is 11.8 Å². The van der Waals surface area contributed by atoms with Crippen LogP contribution in [0.1, 0.15) is 50.9 Å². The van der Waals surface area contributed by atoms with Gasteiger partial charge in [-0.05, 0) is 26.2 Å². The molecule has 1 aliphatic carbocycles. The van der Waals surface area contributed by atoms with E-state index < -0.39 is 5.92 Å². The van der Waals surface area contributed by atoms with Crippen LogP contribution in [-0.4, -0.2) is 49.6 Å². The quantitative estimate of drug-likeness (QED) is 0.887.